The lowest BCUT2D eigenvalue weighted by molar-refractivity contribution is -0.385. The molecule has 0 aliphatic carbocycles. The second-order valence-electron chi connectivity index (χ2n) is 6.51. The van der Waals surface area contributed by atoms with Crippen LogP contribution in [0.25, 0.3) is 0 Å². The maximum atomic E-state index is 11.5. The van der Waals surface area contributed by atoms with E-state index in [-0.39, 0.29) is 17.8 Å². The first kappa shape index (κ1) is 19.5. The van der Waals surface area contributed by atoms with Gasteiger partial charge in [0.05, 0.1) is 23.2 Å². The van der Waals surface area contributed by atoms with Gasteiger partial charge in [-0.25, -0.2) is 9.78 Å². The van der Waals surface area contributed by atoms with Crippen molar-refractivity contribution in [1.82, 2.24) is 9.88 Å². The highest BCUT2D eigenvalue weighted by molar-refractivity contribution is 6.29. The predicted octanol–water partition coefficient (Wildman–Crippen LogP) is 4.71. The van der Waals surface area contributed by atoms with Gasteiger partial charge in [-0.3, -0.25) is 15.0 Å². The van der Waals surface area contributed by atoms with Crippen molar-refractivity contribution in [2.24, 2.45) is 0 Å². The number of rotatable bonds is 5. The van der Waals surface area contributed by atoms with Crippen molar-refractivity contribution in [2.45, 2.75) is 32.9 Å². The number of hydrogen-bond donors (Lipinski definition) is 1. The van der Waals surface area contributed by atoms with E-state index in [0.29, 0.717) is 16.7 Å². The number of ether oxygens (including phenoxy) is 1. The smallest absolute Gasteiger partial charge is 0.408 e. The Morgan fingerprint density at radius 2 is 1.96 bits per heavy atom. The molecule has 8 nitrogen and oxygen atoms in total. The van der Waals surface area contributed by atoms with Crippen LogP contribution >= 0.6 is 11.6 Å². The quantitative estimate of drug-likeness (QED) is 0.458. The first-order chi connectivity index (χ1) is 12.1. The van der Waals surface area contributed by atoms with Crippen molar-refractivity contribution >= 4 is 23.4 Å². The Bertz CT molecular complexity index is 818. The molecule has 1 heterocycles. The van der Waals surface area contributed by atoms with Gasteiger partial charge in [0.2, 0.25) is 0 Å². The highest BCUT2D eigenvalue weighted by Gasteiger charge is 2.29. The van der Waals surface area contributed by atoms with E-state index in [2.05, 4.69) is 4.98 Å². The zero-order valence-electron chi connectivity index (χ0n) is 14.5. The number of amides is 1. The highest BCUT2D eigenvalue weighted by atomic mass is 35.5. The monoisotopic (exact) mass is 379 g/mol. The second kappa shape index (κ2) is 7.57. The Morgan fingerprint density at radius 3 is 2.46 bits per heavy atom. The van der Waals surface area contributed by atoms with Crippen molar-refractivity contribution in [3.8, 4) is 11.5 Å². The largest absolute Gasteiger partial charge is 0.465 e. The molecule has 1 N–H and O–H groups in total. The molecule has 0 aliphatic heterocycles. The van der Waals surface area contributed by atoms with Gasteiger partial charge >= 0.3 is 6.09 Å². The van der Waals surface area contributed by atoms with Crippen molar-refractivity contribution in [1.29, 1.82) is 0 Å². The number of nitro benzene ring substituents is 1. The molecule has 1 aromatic carbocycles. The molecule has 0 radical (unpaired) electrons. The van der Waals surface area contributed by atoms with E-state index in [4.69, 9.17) is 16.3 Å². The summed E-state index contributed by atoms with van der Waals surface area (Å²) in [4.78, 5) is 27.3. The average molecular weight is 380 g/mol. The lowest BCUT2D eigenvalue weighted by atomic mass is 10.0. The van der Waals surface area contributed by atoms with E-state index in [0.717, 1.165) is 4.90 Å². The van der Waals surface area contributed by atoms with E-state index in [1.165, 1.54) is 24.4 Å². The normalized spacial score (nSPS) is 11.1. The summed E-state index contributed by atoms with van der Waals surface area (Å²) in [5.74, 6) is 0.731. The molecule has 1 aromatic heterocycles. The number of halogens is 1. The van der Waals surface area contributed by atoms with Crippen LogP contribution in [-0.2, 0) is 6.54 Å². The standard InChI is InChI=1S/C17H18ClN3O5/c1-17(2,3)20(16(22)23)10-11-8-12(4-6-14(11)21(24)25)26-13-5-7-15(18)19-9-13/h4-9H,10H2,1-3H3,(H,22,23). The molecule has 0 unspecified atom stereocenters. The van der Waals surface area contributed by atoms with Crippen LogP contribution in [0.1, 0.15) is 26.3 Å². The van der Waals surface area contributed by atoms with Crippen molar-refractivity contribution in [3.63, 3.8) is 0 Å². The van der Waals surface area contributed by atoms with Crippen LogP contribution in [0.3, 0.4) is 0 Å². The third kappa shape index (κ3) is 4.82. The Kier molecular flexibility index (Phi) is 5.66. The molecule has 9 heteroatoms. The van der Waals surface area contributed by atoms with Crippen molar-refractivity contribution in [2.75, 3.05) is 0 Å². The lowest BCUT2D eigenvalue weighted by Gasteiger charge is -2.33. The van der Waals surface area contributed by atoms with Crippen LogP contribution in [0.5, 0.6) is 11.5 Å². The number of nitro groups is 1. The molecule has 26 heavy (non-hydrogen) atoms. The van der Waals surface area contributed by atoms with Gasteiger partial charge in [0.1, 0.15) is 16.7 Å². The Morgan fingerprint density at radius 1 is 1.31 bits per heavy atom. The third-order valence-electron chi connectivity index (χ3n) is 3.55. The number of nitrogens with zero attached hydrogens (tertiary/aromatic N) is 3. The first-order valence-electron chi connectivity index (χ1n) is 7.65. The van der Waals surface area contributed by atoms with Crippen LogP contribution < -0.4 is 4.74 Å². The summed E-state index contributed by atoms with van der Waals surface area (Å²) in [5.41, 5.74) is -0.676. The molecule has 0 saturated carbocycles. The van der Waals surface area contributed by atoms with Gasteiger partial charge < -0.3 is 9.84 Å². The number of pyridine rings is 1. The second-order valence-corrected chi connectivity index (χ2v) is 6.89. The third-order valence-corrected chi connectivity index (χ3v) is 3.78. The molecule has 0 aliphatic rings. The zero-order chi connectivity index (χ0) is 19.5. The van der Waals surface area contributed by atoms with E-state index in [9.17, 15) is 20.0 Å². The van der Waals surface area contributed by atoms with Gasteiger partial charge in [-0.15, -0.1) is 0 Å². The summed E-state index contributed by atoms with van der Waals surface area (Å²) >= 11 is 5.72. The van der Waals surface area contributed by atoms with E-state index in [1.807, 2.05) is 0 Å². The fourth-order valence-electron chi connectivity index (χ4n) is 2.25. The lowest BCUT2D eigenvalue weighted by Crippen LogP contribution is -2.44. The Hall–Kier alpha value is -2.87. The molecule has 2 aromatic rings. The van der Waals surface area contributed by atoms with Crippen molar-refractivity contribution in [3.05, 3.63) is 57.4 Å². The topological polar surface area (TPSA) is 106 Å². The van der Waals surface area contributed by atoms with Crippen molar-refractivity contribution < 1.29 is 19.6 Å². The molecule has 0 fully saturated rings. The van der Waals surface area contributed by atoms with Crippen LogP contribution in [0.2, 0.25) is 5.15 Å². The van der Waals surface area contributed by atoms with Crippen LogP contribution in [0, 0.1) is 10.1 Å². The van der Waals surface area contributed by atoms with Crippen LogP contribution in [-0.4, -0.2) is 31.5 Å². The minimum atomic E-state index is -1.17. The summed E-state index contributed by atoms with van der Waals surface area (Å²) in [6.45, 7) is 5.00. The number of aromatic nitrogens is 1. The van der Waals surface area contributed by atoms with E-state index in [1.54, 1.807) is 32.9 Å². The molecule has 2 rings (SSSR count). The molecular formula is C17H18ClN3O5. The average Bonchev–Trinajstić information content (AvgIpc) is 2.53. The summed E-state index contributed by atoms with van der Waals surface area (Å²) in [5, 5.41) is 21.0. The molecule has 0 bridgehead atoms. The molecule has 0 saturated heterocycles. The summed E-state index contributed by atoms with van der Waals surface area (Å²) in [6, 6.07) is 7.34. The first-order valence-corrected chi connectivity index (χ1v) is 8.03. The maximum Gasteiger partial charge on any atom is 0.408 e. The van der Waals surface area contributed by atoms with Gasteiger partial charge in [0.15, 0.2) is 0 Å². The Labute approximate surface area is 155 Å². The number of benzene rings is 1. The summed E-state index contributed by atoms with van der Waals surface area (Å²) in [6.07, 6.45) is 0.252. The molecule has 0 spiro atoms. The van der Waals surface area contributed by atoms with E-state index >= 15 is 0 Å². The number of carbonyl (C=O) groups is 1. The number of carboxylic acid groups (broad SMARTS) is 1. The number of hydrogen-bond acceptors (Lipinski definition) is 5. The summed E-state index contributed by atoms with van der Waals surface area (Å²) in [7, 11) is 0. The fraction of sp³-hybridized carbons (Fsp3) is 0.294. The minimum Gasteiger partial charge on any atom is -0.465 e. The molecule has 0 atom stereocenters. The van der Waals surface area contributed by atoms with Gasteiger partial charge in [-0.2, -0.15) is 0 Å². The van der Waals surface area contributed by atoms with Gasteiger partial charge in [0.25, 0.3) is 5.69 Å². The SMILES string of the molecule is CC(C)(C)N(Cc1cc(Oc2ccc(Cl)nc2)ccc1[N+](=O)[O-])C(=O)O. The highest BCUT2D eigenvalue weighted by Crippen LogP contribution is 2.30. The zero-order valence-corrected chi connectivity index (χ0v) is 15.2. The molecule has 138 valence electrons. The Balaban J connectivity index is 2.37. The predicted molar refractivity (Wildman–Crippen MR) is 95.7 cm³/mol. The van der Waals surface area contributed by atoms with E-state index < -0.39 is 16.6 Å². The van der Waals surface area contributed by atoms with Gasteiger partial charge in [0, 0.05) is 11.6 Å². The molecular weight excluding hydrogens is 362 g/mol. The molecule has 1 amide bonds. The van der Waals surface area contributed by atoms with Gasteiger partial charge in [-0.05, 0) is 45.0 Å². The minimum absolute atomic E-state index is 0.148. The fourth-order valence-corrected chi connectivity index (χ4v) is 2.36. The van der Waals surface area contributed by atoms with Crippen LogP contribution in [0.15, 0.2) is 36.5 Å². The summed E-state index contributed by atoms with van der Waals surface area (Å²) < 4.78 is 5.63. The van der Waals surface area contributed by atoms with Crippen LogP contribution in [0.4, 0.5) is 10.5 Å². The maximum absolute atomic E-state index is 11.5. The van der Waals surface area contributed by atoms with Gasteiger partial charge in [-0.1, -0.05) is 11.6 Å².